The van der Waals surface area contributed by atoms with Crippen molar-refractivity contribution in [3.8, 4) is 17.3 Å². The van der Waals surface area contributed by atoms with Crippen LogP contribution in [0.4, 0.5) is 17.1 Å². The first-order valence-electron chi connectivity index (χ1n) is 8.64. The highest BCUT2D eigenvalue weighted by Gasteiger charge is 2.34. The van der Waals surface area contributed by atoms with E-state index in [1.54, 1.807) is 87.3 Å². The average molecular weight is 427 g/mol. The number of nitrogen functional groups attached to an aromatic ring is 3. The molecule has 29 heavy (non-hydrogen) atoms. The molecule has 0 saturated carbocycles. The summed E-state index contributed by atoms with van der Waals surface area (Å²) in [6.07, 6.45) is 10.7. The van der Waals surface area contributed by atoms with Crippen LogP contribution >= 0.6 is 23.2 Å². The van der Waals surface area contributed by atoms with Crippen molar-refractivity contribution in [2.45, 2.75) is 0 Å². The van der Waals surface area contributed by atoms with E-state index in [-0.39, 0.29) is 0 Å². The van der Waals surface area contributed by atoms with Crippen LogP contribution in [0.15, 0.2) is 73.6 Å². The first-order valence-corrected chi connectivity index (χ1v) is 9.40. The van der Waals surface area contributed by atoms with E-state index in [2.05, 4.69) is 0 Å². The first-order chi connectivity index (χ1) is 13.9. The number of halogens is 2. The number of nitrogens with two attached hydrogens (primary N) is 3. The van der Waals surface area contributed by atoms with Gasteiger partial charge in [0.25, 0.3) is 5.69 Å². The lowest BCUT2D eigenvalue weighted by Crippen LogP contribution is -2.40. The van der Waals surface area contributed by atoms with Crippen molar-refractivity contribution < 1.29 is 13.7 Å². The van der Waals surface area contributed by atoms with Crippen LogP contribution in [0, 0.1) is 0 Å². The zero-order valence-corrected chi connectivity index (χ0v) is 16.7. The highest BCUT2D eigenvalue weighted by Crippen LogP contribution is 2.30. The minimum absolute atomic E-state index is 0.374. The molecule has 7 nitrogen and oxygen atoms in total. The number of hydrogen-bond donors (Lipinski definition) is 3. The van der Waals surface area contributed by atoms with E-state index in [0.29, 0.717) is 44.4 Å². The molecular formula is C20H18Cl2N7+3. The fourth-order valence-corrected chi connectivity index (χ4v) is 3.53. The van der Waals surface area contributed by atoms with Crippen molar-refractivity contribution in [1.82, 2.24) is 4.98 Å². The number of rotatable bonds is 3. The van der Waals surface area contributed by atoms with Gasteiger partial charge in [0.15, 0.2) is 12.4 Å². The maximum absolute atomic E-state index is 6.77. The number of pyridine rings is 4. The molecule has 0 aliphatic carbocycles. The van der Waals surface area contributed by atoms with Gasteiger partial charge in [0, 0.05) is 58.4 Å². The summed E-state index contributed by atoms with van der Waals surface area (Å²) in [5, 5.41) is 0.749. The summed E-state index contributed by atoms with van der Waals surface area (Å²) in [6.45, 7) is 0. The van der Waals surface area contributed by atoms with E-state index in [1.807, 2.05) is 0 Å². The van der Waals surface area contributed by atoms with Gasteiger partial charge in [0.1, 0.15) is 0 Å². The van der Waals surface area contributed by atoms with E-state index in [9.17, 15) is 0 Å². The van der Waals surface area contributed by atoms with Gasteiger partial charge in [0.05, 0.1) is 24.8 Å². The smallest absolute Gasteiger partial charge is 0.358 e. The standard InChI is InChI=1S/C20H15Cl2N7/c21-16-18(27-7-1-13(23)2-8-27)17(22)20(29-11-5-15(25)6-12-29)26-19(16)28-9-3-14(24)4-10-28/h1-12,23-25H/p+3. The number of hydrogen-bond acceptors (Lipinski definition) is 4. The van der Waals surface area contributed by atoms with Gasteiger partial charge in [-0.15, -0.1) is 0 Å². The summed E-state index contributed by atoms with van der Waals surface area (Å²) in [6, 6.07) is 10.6. The highest BCUT2D eigenvalue weighted by molar-refractivity contribution is 6.38. The van der Waals surface area contributed by atoms with Gasteiger partial charge in [-0.05, 0) is 0 Å². The Bertz CT molecular complexity index is 1110. The molecule has 4 rings (SSSR count). The molecule has 0 saturated heterocycles. The zero-order valence-electron chi connectivity index (χ0n) is 15.2. The normalized spacial score (nSPS) is 10.8. The molecular weight excluding hydrogens is 409 g/mol. The van der Waals surface area contributed by atoms with Crippen molar-refractivity contribution in [2.24, 2.45) is 0 Å². The summed E-state index contributed by atoms with van der Waals surface area (Å²) in [7, 11) is 0. The molecule has 0 aromatic carbocycles. The van der Waals surface area contributed by atoms with Crippen LogP contribution in [0.25, 0.3) is 17.3 Å². The second kappa shape index (κ2) is 7.54. The second-order valence-electron chi connectivity index (χ2n) is 6.35. The van der Waals surface area contributed by atoms with E-state index in [1.165, 1.54) is 0 Å². The van der Waals surface area contributed by atoms with Gasteiger partial charge in [-0.1, -0.05) is 23.2 Å². The molecule has 4 aromatic heterocycles. The lowest BCUT2D eigenvalue weighted by Gasteiger charge is -2.06. The molecule has 0 atom stereocenters. The molecule has 6 N–H and O–H groups in total. The topological polar surface area (TPSA) is 103 Å². The maximum atomic E-state index is 6.77. The Balaban J connectivity index is 2.02. The molecule has 144 valence electrons. The molecule has 4 heterocycles. The number of nitrogens with zero attached hydrogens (tertiary/aromatic N) is 4. The fourth-order valence-electron chi connectivity index (χ4n) is 2.82. The molecule has 4 aromatic rings. The molecule has 9 heteroatoms. The van der Waals surface area contributed by atoms with Gasteiger partial charge < -0.3 is 17.2 Å². The van der Waals surface area contributed by atoms with Crippen molar-refractivity contribution in [1.29, 1.82) is 0 Å². The van der Waals surface area contributed by atoms with Crippen LogP contribution in [0.5, 0.6) is 0 Å². The minimum Gasteiger partial charge on any atom is -0.399 e. The summed E-state index contributed by atoms with van der Waals surface area (Å²) in [5.74, 6) is 0.990. The minimum atomic E-state index is 0.374. The van der Waals surface area contributed by atoms with Crippen molar-refractivity contribution >= 4 is 40.3 Å². The molecule has 0 aliphatic rings. The number of aromatic nitrogens is 4. The van der Waals surface area contributed by atoms with Gasteiger partial charge in [0.2, 0.25) is 10.0 Å². The summed E-state index contributed by atoms with van der Waals surface area (Å²) in [5.41, 5.74) is 19.9. The summed E-state index contributed by atoms with van der Waals surface area (Å²) < 4.78 is 5.35. The van der Waals surface area contributed by atoms with Crippen LogP contribution in [0.3, 0.4) is 0 Å². The first kappa shape index (κ1) is 18.9. The Morgan fingerprint density at radius 3 is 1.21 bits per heavy atom. The van der Waals surface area contributed by atoms with Crippen LogP contribution in [-0.2, 0) is 0 Å². The molecule has 0 spiro atoms. The molecule has 0 radical (unpaired) electrons. The second-order valence-corrected chi connectivity index (χ2v) is 7.11. The highest BCUT2D eigenvalue weighted by atomic mass is 35.5. The Kier molecular flexibility index (Phi) is 4.92. The Morgan fingerprint density at radius 1 is 0.552 bits per heavy atom. The quantitative estimate of drug-likeness (QED) is 0.435. The summed E-state index contributed by atoms with van der Waals surface area (Å²) in [4.78, 5) is 4.72. The largest absolute Gasteiger partial charge is 0.399 e. The van der Waals surface area contributed by atoms with Gasteiger partial charge in [-0.3, -0.25) is 0 Å². The van der Waals surface area contributed by atoms with Gasteiger partial charge >= 0.3 is 11.6 Å². The Hall–Kier alpha value is -3.42. The number of anilines is 3. The lowest BCUT2D eigenvalue weighted by atomic mass is 10.3. The van der Waals surface area contributed by atoms with Crippen molar-refractivity contribution in [3.05, 3.63) is 83.6 Å². The monoisotopic (exact) mass is 426 g/mol. The van der Waals surface area contributed by atoms with Crippen LogP contribution in [-0.4, -0.2) is 4.98 Å². The van der Waals surface area contributed by atoms with Crippen LogP contribution < -0.4 is 30.9 Å². The molecule has 0 unspecified atom stereocenters. The maximum Gasteiger partial charge on any atom is 0.358 e. The molecule has 0 aliphatic heterocycles. The molecule has 0 amide bonds. The predicted molar refractivity (Wildman–Crippen MR) is 112 cm³/mol. The third-order valence-corrected chi connectivity index (χ3v) is 5.03. The van der Waals surface area contributed by atoms with E-state index in [4.69, 9.17) is 45.4 Å². The van der Waals surface area contributed by atoms with Crippen LogP contribution in [0.2, 0.25) is 10.0 Å². The fraction of sp³-hybridized carbons (Fsp3) is 0. The Labute approximate surface area is 177 Å². The van der Waals surface area contributed by atoms with Crippen molar-refractivity contribution in [2.75, 3.05) is 17.2 Å². The lowest BCUT2D eigenvalue weighted by molar-refractivity contribution is -0.617. The van der Waals surface area contributed by atoms with Gasteiger partial charge in [-0.25, -0.2) is 9.13 Å². The average Bonchev–Trinajstić information content (AvgIpc) is 2.71. The summed E-state index contributed by atoms with van der Waals surface area (Å²) >= 11 is 13.5. The molecule has 0 bridgehead atoms. The van der Waals surface area contributed by atoms with E-state index < -0.39 is 0 Å². The SMILES string of the molecule is Nc1cc[n+](-c2nc(-[n+]3ccc(N)cc3)c(Cl)c(-[n+]3ccc(N)cc3)c2Cl)cc1. The predicted octanol–water partition coefficient (Wildman–Crippen LogP) is 1.97. The van der Waals surface area contributed by atoms with Gasteiger partial charge in [-0.2, -0.15) is 4.57 Å². The zero-order chi connectivity index (χ0) is 20.5. The van der Waals surface area contributed by atoms with Crippen LogP contribution in [0.1, 0.15) is 0 Å². The van der Waals surface area contributed by atoms with E-state index >= 15 is 0 Å². The van der Waals surface area contributed by atoms with E-state index in [0.717, 1.165) is 0 Å². The molecule has 0 fully saturated rings. The van der Waals surface area contributed by atoms with Crippen molar-refractivity contribution in [3.63, 3.8) is 0 Å². The Morgan fingerprint density at radius 2 is 0.862 bits per heavy atom. The third-order valence-electron chi connectivity index (χ3n) is 4.33. The third kappa shape index (κ3) is 3.65.